The lowest BCUT2D eigenvalue weighted by molar-refractivity contribution is 0.0934. The number of carbonyl (C=O) groups is 1. The molecule has 138 valence electrons. The van der Waals surface area contributed by atoms with Crippen molar-refractivity contribution in [2.75, 3.05) is 11.3 Å². The Morgan fingerprint density at radius 2 is 1.88 bits per heavy atom. The molecule has 0 heterocycles. The first kappa shape index (κ1) is 18.7. The van der Waals surface area contributed by atoms with Gasteiger partial charge in [-0.15, -0.1) is 0 Å². The maximum Gasteiger partial charge on any atom is 0.261 e. The molecule has 8 heteroatoms. The third-order valence-corrected chi connectivity index (χ3v) is 5.90. The second-order valence-electron chi connectivity index (χ2n) is 6.26. The molecule has 1 amide bonds. The molecule has 0 spiro atoms. The van der Waals surface area contributed by atoms with Gasteiger partial charge in [0.05, 0.1) is 16.1 Å². The second-order valence-corrected chi connectivity index (χ2v) is 8.38. The van der Waals surface area contributed by atoms with E-state index in [1.165, 1.54) is 30.3 Å². The van der Waals surface area contributed by atoms with Crippen molar-refractivity contribution in [1.29, 1.82) is 0 Å². The number of nitrogens with two attached hydrogens (primary N) is 1. The van der Waals surface area contributed by atoms with Crippen LogP contribution < -0.4 is 15.8 Å². The van der Waals surface area contributed by atoms with E-state index in [0.29, 0.717) is 17.5 Å². The fraction of sp³-hybridized carbons (Fsp3) is 0.278. The number of benzene rings is 2. The molecule has 0 radical (unpaired) electrons. The molecule has 0 saturated heterocycles. The van der Waals surface area contributed by atoms with Crippen LogP contribution in [0.25, 0.3) is 0 Å². The van der Waals surface area contributed by atoms with E-state index in [-0.39, 0.29) is 22.2 Å². The van der Waals surface area contributed by atoms with Crippen molar-refractivity contribution in [1.82, 2.24) is 5.32 Å². The minimum atomic E-state index is -3.82. The summed E-state index contributed by atoms with van der Waals surface area (Å²) in [7, 11) is -3.82. The van der Waals surface area contributed by atoms with Gasteiger partial charge in [0.25, 0.3) is 15.9 Å². The normalized spacial score (nSPS) is 15.3. The maximum absolute atomic E-state index is 12.7. The van der Waals surface area contributed by atoms with Crippen LogP contribution in [0, 0.1) is 5.92 Å². The number of anilines is 1. The van der Waals surface area contributed by atoms with Crippen LogP contribution >= 0.6 is 11.6 Å². The smallest absolute Gasteiger partial charge is 0.261 e. The van der Waals surface area contributed by atoms with Crippen LogP contribution in [0.5, 0.6) is 0 Å². The zero-order chi connectivity index (χ0) is 18.7. The molecule has 26 heavy (non-hydrogen) atoms. The lowest BCUT2D eigenvalue weighted by Crippen LogP contribution is -2.42. The summed E-state index contributed by atoms with van der Waals surface area (Å²) in [6.07, 6.45) is 2.07. The number of halogens is 1. The summed E-state index contributed by atoms with van der Waals surface area (Å²) in [5.41, 5.74) is 6.07. The lowest BCUT2D eigenvalue weighted by atomic mass is 10.1. The van der Waals surface area contributed by atoms with Gasteiger partial charge >= 0.3 is 0 Å². The molecule has 1 fully saturated rings. The van der Waals surface area contributed by atoms with Crippen molar-refractivity contribution < 1.29 is 13.2 Å². The van der Waals surface area contributed by atoms with E-state index in [2.05, 4.69) is 10.0 Å². The summed E-state index contributed by atoms with van der Waals surface area (Å²) < 4.78 is 27.6. The summed E-state index contributed by atoms with van der Waals surface area (Å²) in [5, 5.41) is 3.22. The van der Waals surface area contributed by atoms with Crippen LogP contribution in [-0.2, 0) is 10.0 Å². The number of amides is 1. The van der Waals surface area contributed by atoms with Gasteiger partial charge in [-0.1, -0.05) is 29.8 Å². The molecular formula is C18H20ClN3O3S. The number of carbonyl (C=O) groups excluding carboxylic acids is 1. The van der Waals surface area contributed by atoms with Gasteiger partial charge in [0, 0.05) is 17.6 Å². The molecule has 0 bridgehead atoms. The summed E-state index contributed by atoms with van der Waals surface area (Å²) in [4.78, 5) is 12.8. The van der Waals surface area contributed by atoms with Gasteiger partial charge in [-0.25, -0.2) is 8.42 Å². The van der Waals surface area contributed by atoms with Gasteiger partial charge in [0.1, 0.15) is 0 Å². The first-order valence-corrected chi connectivity index (χ1v) is 10.1. The zero-order valence-corrected chi connectivity index (χ0v) is 15.6. The topological polar surface area (TPSA) is 101 Å². The van der Waals surface area contributed by atoms with Gasteiger partial charge in [-0.05, 0) is 49.1 Å². The van der Waals surface area contributed by atoms with Gasteiger partial charge in [0.2, 0.25) is 0 Å². The van der Waals surface area contributed by atoms with Gasteiger partial charge in [0.15, 0.2) is 0 Å². The Morgan fingerprint density at radius 3 is 2.50 bits per heavy atom. The number of hydrogen-bond acceptors (Lipinski definition) is 4. The average molecular weight is 394 g/mol. The third kappa shape index (κ3) is 4.35. The number of hydrogen-bond donors (Lipinski definition) is 3. The first-order valence-electron chi connectivity index (χ1n) is 8.29. The summed E-state index contributed by atoms with van der Waals surface area (Å²) in [6, 6.07) is 12.3. The Hall–Kier alpha value is -2.09. The molecular weight excluding hydrogens is 374 g/mol. The Kier molecular flexibility index (Phi) is 5.50. The molecule has 0 aromatic heterocycles. The molecule has 2 aromatic carbocycles. The van der Waals surface area contributed by atoms with Crippen LogP contribution in [0.15, 0.2) is 53.4 Å². The molecule has 1 atom stereocenters. The van der Waals surface area contributed by atoms with Crippen LogP contribution in [0.3, 0.4) is 0 Å². The predicted octanol–water partition coefficient (Wildman–Crippen LogP) is 2.61. The SMILES string of the molecule is NCC(NC(=O)c1cc(Cl)ccc1NS(=O)(=O)c1ccccc1)C1CC1. The highest BCUT2D eigenvalue weighted by Gasteiger charge is 2.32. The lowest BCUT2D eigenvalue weighted by Gasteiger charge is -2.18. The van der Waals surface area contributed by atoms with E-state index in [4.69, 9.17) is 17.3 Å². The molecule has 0 aliphatic heterocycles. The molecule has 1 saturated carbocycles. The minimum Gasteiger partial charge on any atom is -0.348 e. The van der Waals surface area contributed by atoms with Gasteiger partial charge in [-0.2, -0.15) is 0 Å². The van der Waals surface area contributed by atoms with Crippen molar-refractivity contribution in [2.24, 2.45) is 11.7 Å². The molecule has 3 rings (SSSR count). The largest absolute Gasteiger partial charge is 0.348 e. The van der Waals surface area contributed by atoms with Crippen molar-refractivity contribution in [3.05, 3.63) is 59.1 Å². The monoisotopic (exact) mass is 393 g/mol. The van der Waals surface area contributed by atoms with E-state index in [9.17, 15) is 13.2 Å². The molecule has 1 aliphatic rings. The fourth-order valence-corrected chi connectivity index (χ4v) is 3.98. The molecule has 4 N–H and O–H groups in total. The number of rotatable bonds is 7. The average Bonchev–Trinajstić information content (AvgIpc) is 3.46. The van der Waals surface area contributed by atoms with E-state index in [1.54, 1.807) is 18.2 Å². The fourth-order valence-electron chi connectivity index (χ4n) is 2.71. The van der Waals surface area contributed by atoms with Crippen molar-refractivity contribution >= 4 is 33.2 Å². The molecule has 1 unspecified atom stereocenters. The van der Waals surface area contributed by atoms with E-state index in [0.717, 1.165) is 12.8 Å². The number of nitrogens with one attached hydrogen (secondary N) is 2. The van der Waals surface area contributed by atoms with E-state index >= 15 is 0 Å². The Morgan fingerprint density at radius 1 is 1.19 bits per heavy atom. The van der Waals surface area contributed by atoms with Gasteiger partial charge in [-0.3, -0.25) is 9.52 Å². The zero-order valence-electron chi connectivity index (χ0n) is 14.0. The molecule has 1 aliphatic carbocycles. The standard InChI is InChI=1S/C18H20ClN3O3S/c19-13-8-9-16(22-26(24,25)14-4-2-1-3-5-14)15(10-13)18(23)21-17(11-20)12-6-7-12/h1-5,8-10,12,17,22H,6-7,11,20H2,(H,21,23). The minimum absolute atomic E-state index is 0.110. The van der Waals surface area contributed by atoms with Crippen molar-refractivity contribution in [3.8, 4) is 0 Å². The van der Waals surface area contributed by atoms with Crippen LogP contribution in [0.4, 0.5) is 5.69 Å². The quantitative estimate of drug-likeness (QED) is 0.672. The van der Waals surface area contributed by atoms with Crippen LogP contribution in [0.1, 0.15) is 23.2 Å². The first-order chi connectivity index (χ1) is 12.4. The van der Waals surface area contributed by atoms with Crippen molar-refractivity contribution in [3.63, 3.8) is 0 Å². The predicted molar refractivity (Wildman–Crippen MR) is 102 cm³/mol. The van der Waals surface area contributed by atoms with Crippen molar-refractivity contribution in [2.45, 2.75) is 23.8 Å². The maximum atomic E-state index is 12.7. The Labute approximate surface area is 157 Å². The van der Waals surface area contributed by atoms with Crippen LogP contribution in [0.2, 0.25) is 5.02 Å². The van der Waals surface area contributed by atoms with Gasteiger partial charge < -0.3 is 11.1 Å². The highest BCUT2D eigenvalue weighted by molar-refractivity contribution is 7.92. The Bertz CT molecular complexity index is 899. The molecule has 2 aromatic rings. The second kappa shape index (κ2) is 7.65. The van der Waals surface area contributed by atoms with E-state index < -0.39 is 15.9 Å². The third-order valence-electron chi connectivity index (χ3n) is 4.29. The summed E-state index contributed by atoms with van der Waals surface area (Å²) in [6.45, 7) is 0.335. The molecule has 6 nitrogen and oxygen atoms in total. The summed E-state index contributed by atoms with van der Waals surface area (Å²) in [5.74, 6) is -0.0202. The van der Waals surface area contributed by atoms with E-state index in [1.807, 2.05) is 0 Å². The highest BCUT2D eigenvalue weighted by Crippen LogP contribution is 2.32. The summed E-state index contributed by atoms with van der Waals surface area (Å²) >= 11 is 6.01. The highest BCUT2D eigenvalue weighted by atomic mass is 35.5. The van der Waals surface area contributed by atoms with Crippen LogP contribution in [-0.4, -0.2) is 26.9 Å². The Balaban J connectivity index is 1.87. The number of sulfonamides is 1.